The van der Waals surface area contributed by atoms with Crippen LogP contribution in [-0.2, 0) is 9.59 Å². The Kier molecular flexibility index (Phi) is 9.69. The van der Waals surface area contributed by atoms with Crippen molar-refractivity contribution in [1.29, 1.82) is 0 Å². The minimum Gasteiger partial charge on any atom is -0.480 e. The molecular weight excluding hydrogens is 478 g/mol. The summed E-state index contributed by atoms with van der Waals surface area (Å²) >= 11 is 0. The zero-order valence-electron chi connectivity index (χ0n) is 17.6. The molecule has 2 rings (SSSR count). The maximum atomic E-state index is 12.0. The second kappa shape index (κ2) is 11.6. The molecule has 0 heterocycles. The maximum Gasteiger partial charge on any atom is 0.573 e. The molecule has 8 nitrogen and oxygen atoms in total. The lowest BCUT2D eigenvalue weighted by molar-refractivity contribution is -0.275. The summed E-state index contributed by atoms with van der Waals surface area (Å²) in [5.74, 6) is -3.41. The Morgan fingerprint density at radius 3 is 1.59 bits per heavy atom. The van der Waals surface area contributed by atoms with Crippen LogP contribution in [0, 0.1) is 0 Å². The number of carbonyl (C=O) groups is 2. The molecule has 0 saturated carbocycles. The molecule has 34 heavy (non-hydrogen) atoms. The van der Waals surface area contributed by atoms with Crippen LogP contribution in [-0.4, -0.2) is 53.9 Å². The summed E-state index contributed by atoms with van der Waals surface area (Å²) in [5.41, 5.74) is 5.49. The van der Waals surface area contributed by atoms with Gasteiger partial charge in [-0.05, 0) is 49.5 Å². The molecule has 4 N–H and O–H groups in total. The molecule has 0 saturated heterocycles. The summed E-state index contributed by atoms with van der Waals surface area (Å²) in [5, 5.41) is 17.6. The molecule has 0 unspecified atom stereocenters. The van der Waals surface area contributed by atoms with Crippen LogP contribution in [0.2, 0.25) is 0 Å². The number of alkyl halides is 6. The predicted molar refractivity (Wildman–Crippen MR) is 105 cm³/mol. The molecule has 2 atom stereocenters. The first-order valence-corrected chi connectivity index (χ1v) is 9.09. The van der Waals surface area contributed by atoms with Crippen LogP contribution in [0.1, 0.15) is 23.2 Å². The fraction of sp³-hybridized carbons (Fsp3) is 0.300. The molecule has 0 spiro atoms. The largest absolute Gasteiger partial charge is 0.573 e. The van der Waals surface area contributed by atoms with Crippen molar-refractivity contribution < 1.29 is 55.6 Å². The van der Waals surface area contributed by atoms with Crippen molar-refractivity contribution in [2.45, 2.75) is 24.8 Å². The van der Waals surface area contributed by atoms with Gasteiger partial charge in [-0.25, -0.2) is 0 Å². The Balaban J connectivity index is 0.000000342. The van der Waals surface area contributed by atoms with Crippen molar-refractivity contribution in [3.63, 3.8) is 0 Å². The molecule has 0 aliphatic heterocycles. The first-order valence-electron chi connectivity index (χ1n) is 9.09. The van der Waals surface area contributed by atoms with Crippen LogP contribution in [0.5, 0.6) is 11.5 Å². The van der Waals surface area contributed by atoms with Crippen molar-refractivity contribution in [3.8, 4) is 11.5 Å². The zero-order chi connectivity index (χ0) is 26.3. The first kappa shape index (κ1) is 28.5. The van der Waals surface area contributed by atoms with Crippen LogP contribution in [0.4, 0.5) is 26.3 Å². The molecule has 0 bridgehead atoms. The molecule has 0 radical (unpaired) electrons. The third kappa shape index (κ3) is 9.95. The van der Waals surface area contributed by atoms with Crippen molar-refractivity contribution in [1.82, 2.24) is 4.90 Å². The average Bonchev–Trinajstić information content (AvgIpc) is 2.65. The van der Waals surface area contributed by atoms with Gasteiger partial charge >= 0.3 is 24.7 Å². The van der Waals surface area contributed by atoms with Gasteiger partial charge in [-0.3, -0.25) is 14.5 Å². The van der Waals surface area contributed by atoms with Crippen LogP contribution in [0.3, 0.4) is 0 Å². The van der Waals surface area contributed by atoms with Gasteiger partial charge in [-0.2, -0.15) is 0 Å². The average molecular weight is 498 g/mol. The fourth-order valence-electron chi connectivity index (χ4n) is 2.59. The molecule has 0 fully saturated rings. The monoisotopic (exact) mass is 498 g/mol. The second-order valence-electron chi connectivity index (χ2n) is 6.76. The van der Waals surface area contributed by atoms with Crippen molar-refractivity contribution in [3.05, 3.63) is 59.7 Å². The van der Waals surface area contributed by atoms with E-state index < -0.39 is 48.2 Å². The highest BCUT2D eigenvalue weighted by atomic mass is 19.4. The van der Waals surface area contributed by atoms with Gasteiger partial charge in [0, 0.05) is 0 Å². The molecule has 0 amide bonds. The Morgan fingerprint density at radius 2 is 1.24 bits per heavy atom. The van der Waals surface area contributed by atoms with Gasteiger partial charge in [0.2, 0.25) is 0 Å². The molecule has 188 valence electrons. The SMILES string of the molecule is CN(C)[C@@H](C(=O)O)c1cccc(OC(F)(F)F)c1.N[C@@H](C(=O)O)c1cccc(OC(F)(F)F)c1. The van der Waals surface area contributed by atoms with Gasteiger partial charge in [-0.15, -0.1) is 26.3 Å². The number of hydrogen-bond donors (Lipinski definition) is 3. The summed E-state index contributed by atoms with van der Waals surface area (Å²) in [4.78, 5) is 22.9. The van der Waals surface area contributed by atoms with Crippen LogP contribution in [0.15, 0.2) is 48.5 Å². The van der Waals surface area contributed by atoms with E-state index in [1.807, 2.05) is 0 Å². The van der Waals surface area contributed by atoms with Gasteiger partial charge in [-0.1, -0.05) is 24.3 Å². The standard InChI is InChI=1S/C11H12F3NO3.C9H8F3NO3/c1-15(2)9(10(16)17)7-4-3-5-8(6-7)18-11(12,13)14;10-9(11,12)16-6-3-1-2-5(4-6)7(13)8(14)15/h3-6,9H,1-2H3,(H,16,17);1-4,7H,13H2,(H,14,15)/t9-;7-/m11/s1. The van der Waals surface area contributed by atoms with E-state index in [0.717, 1.165) is 24.3 Å². The first-order chi connectivity index (χ1) is 15.5. The smallest absolute Gasteiger partial charge is 0.480 e. The molecular formula is C20H20F6N2O6. The van der Waals surface area contributed by atoms with E-state index in [-0.39, 0.29) is 11.1 Å². The van der Waals surface area contributed by atoms with E-state index in [2.05, 4.69) is 9.47 Å². The minimum atomic E-state index is -4.81. The van der Waals surface area contributed by atoms with Crippen LogP contribution < -0.4 is 15.2 Å². The van der Waals surface area contributed by atoms with Gasteiger partial charge < -0.3 is 25.4 Å². The number of hydrogen-bond acceptors (Lipinski definition) is 6. The number of benzene rings is 2. The highest BCUT2D eigenvalue weighted by Gasteiger charge is 2.32. The highest BCUT2D eigenvalue weighted by molar-refractivity contribution is 5.76. The third-order valence-electron chi connectivity index (χ3n) is 3.87. The summed E-state index contributed by atoms with van der Waals surface area (Å²) in [6.45, 7) is 0. The molecule has 2 aromatic carbocycles. The number of rotatable bonds is 7. The van der Waals surface area contributed by atoms with Gasteiger partial charge in [0.15, 0.2) is 0 Å². The highest BCUT2D eigenvalue weighted by Crippen LogP contribution is 2.27. The number of ether oxygens (including phenoxy) is 2. The van der Waals surface area contributed by atoms with Crippen molar-refractivity contribution in [2.75, 3.05) is 14.1 Å². The number of halogens is 6. The lowest BCUT2D eigenvalue weighted by Crippen LogP contribution is -2.27. The number of carboxylic acid groups (broad SMARTS) is 2. The maximum absolute atomic E-state index is 12.0. The number of likely N-dealkylation sites (N-methyl/N-ethyl adjacent to an activating group) is 1. The number of nitrogens with two attached hydrogens (primary N) is 1. The molecule has 0 aliphatic carbocycles. The van der Waals surface area contributed by atoms with Crippen molar-refractivity contribution >= 4 is 11.9 Å². The Bertz CT molecular complexity index is 981. The van der Waals surface area contributed by atoms with Crippen LogP contribution in [0.25, 0.3) is 0 Å². The molecule has 2 aromatic rings. The fourth-order valence-corrected chi connectivity index (χ4v) is 2.59. The van der Waals surface area contributed by atoms with Gasteiger partial charge in [0.25, 0.3) is 0 Å². The summed E-state index contributed by atoms with van der Waals surface area (Å²) in [6, 6.07) is 7.06. The number of nitrogens with zero attached hydrogens (tertiary/aromatic N) is 1. The lowest BCUT2D eigenvalue weighted by Gasteiger charge is -2.21. The second-order valence-corrected chi connectivity index (χ2v) is 6.76. The van der Waals surface area contributed by atoms with Gasteiger partial charge in [0.1, 0.15) is 23.6 Å². The number of aliphatic carboxylic acids is 2. The molecule has 0 aromatic heterocycles. The van der Waals surface area contributed by atoms with Gasteiger partial charge in [0.05, 0.1) is 0 Å². The quantitative estimate of drug-likeness (QED) is 0.491. The van der Waals surface area contributed by atoms with E-state index in [1.165, 1.54) is 43.3 Å². The Hall–Kier alpha value is -3.52. The van der Waals surface area contributed by atoms with E-state index in [0.29, 0.717) is 0 Å². The normalized spacial score (nSPS) is 13.4. The van der Waals surface area contributed by atoms with E-state index in [9.17, 15) is 35.9 Å². The summed E-state index contributed by atoms with van der Waals surface area (Å²) < 4.78 is 79.1. The lowest BCUT2D eigenvalue weighted by atomic mass is 10.1. The van der Waals surface area contributed by atoms with E-state index in [4.69, 9.17) is 15.9 Å². The van der Waals surface area contributed by atoms with E-state index >= 15 is 0 Å². The summed E-state index contributed by atoms with van der Waals surface area (Å²) in [7, 11) is 3.05. The Morgan fingerprint density at radius 1 is 0.824 bits per heavy atom. The molecule has 0 aliphatic rings. The zero-order valence-corrected chi connectivity index (χ0v) is 17.6. The summed E-state index contributed by atoms with van der Waals surface area (Å²) in [6.07, 6.45) is -9.61. The third-order valence-corrected chi connectivity index (χ3v) is 3.87. The van der Waals surface area contributed by atoms with E-state index in [1.54, 1.807) is 0 Å². The van der Waals surface area contributed by atoms with Crippen molar-refractivity contribution in [2.24, 2.45) is 5.73 Å². The molecule has 14 heteroatoms. The topological polar surface area (TPSA) is 122 Å². The van der Waals surface area contributed by atoms with Crippen LogP contribution >= 0.6 is 0 Å². The Labute approximate surface area is 189 Å². The predicted octanol–water partition coefficient (Wildman–Crippen LogP) is 3.94. The number of carboxylic acids is 2. The minimum absolute atomic E-state index is 0.0363.